The maximum Gasteiger partial charge on any atom is 0.188 e. The third kappa shape index (κ3) is 3.36. The van der Waals surface area contributed by atoms with Gasteiger partial charge >= 0.3 is 0 Å². The molecule has 0 radical (unpaired) electrons. The predicted molar refractivity (Wildman–Crippen MR) is 124 cm³/mol. The van der Waals surface area contributed by atoms with E-state index in [4.69, 9.17) is 10.2 Å². The van der Waals surface area contributed by atoms with E-state index in [1.165, 1.54) is 5.56 Å². The smallest absolute Gasteiger partial charge is 0.188 e. The highest BCUT2D eigenvalue weighted by atomic mass is 32.1. The van der Waals surface area contributed by atoms with Crippen LogP contribution in [0.2, 0.25) is 0 Å². The van der Waals surface area contributed by atoms with Crippen molar-refractivity contribution in [2.24, 2.45) is 0 Å². The summed E-state index contributed by atoms with van der Waals surface area (Å²) in [6, 6.07) is 4.76. The zero-order valence-corrected chi connectivity index (χ0v) is 19.1. The van der Waals surface area contributed by atoms with Crippen LogP contribution in [0.4, 0.5) is 5.13 Å². The number of nitrogens with zero attached hydrogens (tertiary/aromatic N) is 7. The highest BCUT2D eigenvalue weighted by Gasteiger charge is 2.28. The van der Waals surface area contributed by atoms with E-state index in [2.05, 4.69) is 64.7 Å². The van der Waals surface area contributed by atoms with E-state index in [9.17, 15) is 0 Å². The lowest BCUT2D eigenvalue weighted by Gasteiger charge is -2.38. The van der Waals surface area contributed by atoms with Crippen LogP contribution in [0.15, 0.2) is 18.6 Å². The molecule has 0 aromatic carbocycles. The molecule has 5 rings (SSSR count). The van der Waals surface area contributed by atoms with E-state index < -0.39 is 0 Å². The number of nitrogens with one attached hydrogen (secondary N) is 1. The van der Waals surface area contributed by atoms with Crippen LogP contribution in [-0.2, 0) is 0 Å². The van der Waals surface area contributed by atoms with Crippen LogP contribution in [0.3, 0.4) is 0 Å². The molecule has 0 saturated carbocycles. The number of rotatable bonds is 4. The SMILES string of the molecule is Cc1cc(-c2[nH]c3sc(N4CCN(CC#N)CC4C)nc3c2C(C)C)cn2ncnc12. The van der Waals surface area contributed by atoms with Crippen LogP contribution in [0.25, 0.3) is 27.3 Å². The van der Waals surface area contributed by atoms with Gasteiger partial charge in [0, 0.05) is 43.0 Å². The summed E-state index contributed by atoms with van der Waals surface area (Å²) in [4.78, 5) is 18.8. The summed E-state index contributed by atoms with van der Waals surface area (Å²) in [6.45, 7) is 11.9. The number of piperazine rings is 1. The van der Waals surface area contributed by atoms with Crippen molar-refractivity contribution >= 4 is 32.5 Å². The number of thiazole rings is 1. The maximum absolute atomic E-state index is 8.99. The van der Waals surface area contributed by atoms with Gasteiger partial charge in [-0.05, 0) is 31.4 Å². The van der Waals surface area contributed by atoms with E-state index >= 15 is 0 Å². The van der Waals surface area contributed by atoms with Gasteiger partial charge in [-0.1, -0.05) is 25.2 Å². The Morgan fingerprint density at radius 3 is 2.94 bits per heavy atom. The molecule has 1 unspecified atom stereocenters. The van der Waals surface area contributed by atoms with Gasteiger partial charge in [0.15, 0.2) is 10.8 Å². The molecule has 4 aromatic rings. The summed E-state index contributed by atoms with van der Waals surface area (Å²) in [7, 11) is 0. The number of nitriles is 1. The van der Waals surface area contributed by atoms with Crippen LogP contribution in [0, 0.1) is 18.3 Å². The van der Waals surface area contributed by atoms with Crippen molar-refractivity contribution in [1.82, 2.24) is 29.5 Å². The van der Waals surface area contributed by atoms with Crippen molar-refractivity contribution in [1.29, 1.82) is 5.26 Å². The van der Waals surface area contributed by atoms with E-state index in [-0.39, 0.29) is 0 Å². The Labute approximate surface area is 185 Å². The van der Waals surface area contributed by atoms with Gasteiger partial charge in [-0.15, -0.1) is 0 Å². The third-order valence-electron chi connectivity index (χ3n) is 6.06. The second-order valence-corrected chi connectivity index (χ2v) is 9.60. The van der Waals surface area contributed by atoms with E-state index in [1.807, 2.05) is 10.7 Å². The minimum absolute atomic E-state index is 0.329. The lowest BCUT2D eigenvalue weighted by Crippen LogP contribution is -2.52. The molecule has 1 aliphatic heterocycles. The summed E-state index contributed by atoms with van der Waals surface area (Å²) >= 11 is 1.72. The molecular formula is C22H26N8S. The van der Waals surface area contributed by atoms with E-state index in [0.29, 0.717) is 18.5 Å². The number of hydrogen-bond acceptors (Lipinski definition) is 7. The molecule has 5 heterocycles. The summed E-state index contributed by atoms with van der Waals surface area (Å²) < 4.78 is 1.84. The van der Waals surface area contributed by atoms with Crippen molar-refractivity contribution < 1.29 is 0 Å². The summed E-state index contributed by atoms with van der Waals surface area (Å²) in [5.74, 6) is 0.329. The lowest BCUT2D eigenvalue weighted by molar-refractivity contribution is 0.253. The summed E-state index contributed by atoms with van der Waals surface area (Å²) in [5, 5.41) is 14.4. The van der Waals surface area contributed by atoms with Gasteiger partial charge in [0.05, 0.1) is 18.3 Å². The Morgan fingerprint density at radius 2 is 2.19 bits per heavy atom. The number of pyridine rings is 1. The van der Waals surface area contributed by atoms with Crippen LogP contribution >= 0.6 is 11.3 Å². The van der Waals surface area contributed by atoms with Gasteiger partial charge in [0.2, 0.25) is 0 Å². The fourth-order valence-corrected chi connectivity index (χ4v) is 5.69. The summed E-state index contributed by atoms with van der Waals surface area (Å²) in [5.41, 5.74) is 6.50. The fraction of sp³-hybridized carbons (Fsp3) is 0.455. The quantitative estimate of drug-likeness (QED) is 0.492. The fourth-order valence-electron chi connectivity index (χ4n) is 4.58. The lowest BCUT2D eigenvalue weighted by atomic mass is 9.99. The molecule has 1 aliphatic rings. The van der Waals surface area contributed by atoms with Crippen molar-refractivity contribution in [3.05, 3.63) is 29.7 Å². The maximum atomic E-state index is 8.99. The van der Waals surface area contributed by atoms with Crippen LogP contribution in [0.5, 0.6) is 0 Å². The molecule has 1 fully saturated rings. The van der Waals surface area contributed by atoms with Crippen molar-refractivity contribution in [3.63, 3.8) is 0 Å². The number of anilines is 1. The van der Waals surface area contributed by atoms with Gasteiger partial charge in [-0.2, -0.15) is 10.4 Å². The highest BCUT2D eigenvalue weighted by Crippen LogP contribution is 2.40. The van der Waals surface area contributed by atoms with Gasteiger partial charge in [0.1, 0.15) is 16.7 Å². The Morgan fingerprint density at radius 1 is 1.35 bits per heavy atom. The van der Waals surface area contributed by atoms with Gasteiger partial charge < -0.3 is 9.88 Å². The Balaban J connectivity index is 1.54. The monoisotopic (exact) mass is 434 g/mol. The zero-order valence-electron chi connectivity index (χ0n) is 18.3. The molecule has 0 amide bonds. The first kappa shape index (κ1) is 20.0. The minimum Gasteiger partial charge on any atom is -0.345 e. The molecule has 160 valence electrons. The third-order valence-corrected chi connectivity index (χ3v) is 7.06. The molecule has 8 nitrogen and oxygen atoms in total. The van der Waals surface area contributed by atoms with E-state index in [0.717, 1.165) is 57.6 Å². The number of hydrogen-bond donors (Lipinski definition) is 1. The number of aromatic amines is 1. The van der Waals surface area contributed by atoms with Crippen LogP contribution in [0.1, 0.15) is 37.8 Å². The Hall–Kier alpha value is -2.96. The average Bonchev–Trinajstić information content (AvgIpc) is 3.41. The average molecular weight is 435 g/mol. The number of aromatic nitrogens is 5. The first-order valence-corrected chi connectivity index (χ1v) is 11.5. The molecule has 4 aromatic heterocycles. The van der Waals surface area contributed by atoms with Gasteiger partial charge in [-0.25, -0.2) is 14.5 Å². The number of fused-ring (bicyclic) bond motifs is 2. The van der Waals surface area contributed by atoms with Crippen molar-refractivity contribution in [3.8, 4) is 17.3 Å². The molecule has 31 heavy (non-hydrogen) atoms. The van der Waals surface area contributed by atoms with Crippen molar-refractivity contribution in [2.45, 2.75) is 39.7 Å². The second kappa shape index (κ2) is 7.62. The Kier molecular flexibility index (Phi) is 4.91. The first-order chi connectivity index (χ1) is 15.0. The van der Waals surface area contributed by atoms with Gasteiger partial charge in [-0.3, -0.25) is 4.90 Å². The predicted octanol–water partition coefficient (Wildman–Crippen LogP) is 3.80. The largest absolute Gasteiger partial charge is 0.345 e. The van der Waals surface area contributed by atoms with Crippen LogP contribution in [-0.4, -0.2) is 61.7 Å². The highest BCUT2D eigenvalue weighted by molar-refractivity contribution is 7.21. The molecule has 9 heteroatoms. The molecule has 0 bridgehead atoms. The topological polar surface area (TPSA) is 89.1 Å². The molecule has 1 saturated heterocycles. The Bertz CT molecular complexity index is 1290. The van der Waals surface area contributed by atoms with Crippen molar-refractivity contribution in [2.75, 3.05) is 31.1 Å². The minimum atomic E-state index is 0.329. The normalized spacial score (nSPS) is 17.8. The molecule has 0 aliphatic carbocycles. The first-order valence-electron chi connectivity index (χ1n) is 10.6. The molecule has 1 atom stereocenters. The van der Waals surface area contributed by atoms with Crippen LogP contribution < -0.4 is 4.90 Å². The second-order valence-electron chi connectivity index (χ2n) is 8.62. The van der Waals surface area contributed by atoms with E-state index in [1.54, 1.807) is 17.7 Å². The summed E-state index contributed by atoms with van der Waals surface area (Å²) in [6.07, 6.45) is 3.63. The molecule has 0 spiro atoms. The standard InChI is InChI=1S/C22H26N8S/c1-13(2)17-18(16-9-14(3)20-24-12-25-30(20)11-16)26-21-19(17)27-22(31-21)29-8-7-28(6-5-23)10-15(29)4/h9,11-13,15,26H,6-8,10H2,1-4H3. The molecular weight excluding hydrogens is 408 g/mol. The number of H-pyrrole nitrogens is 1. The zero-order chi connectivity index (χ0) is 21.7. The van der Waals surface area contributed by atoms with Gasteiger partial charge in [0.25, 0.3) is 0 Å². The molecule has 1 N–H and O–H groups in total. The number of aryl methyl sites for hydroxylation is 1.